The molecule has 2 N–H and O–H groups in total. The largest absolute Gasteiger partial charge is 0.760 e. The van der Waals surface area contributed by atoms with Crippen LogP contribution in [0.1, 0.15) is 20.8 Å². The van der Waals surface area contributed by atoms with E-state index in [1.807, 2.05) is 0 Å². The van der Waals surface area contributed by atoms with Gasteiger partial charge in [0.05, 0.1) is 0 Å². The predicted molar refractivity (Wildman–Crippen MR) is 46.6 cm³/mol. The molecule has 0 saturated heterocycles. The molecule has 0 radical (unpaired) electrons. The zero-order valence-corrected chi connectivity index (χ0v) is 8.19. The van der Waals surface area contributed by atoms with Gasteiger partial charge in [-0.25, -0.2) is 0 Å². The fourth-order valence-electron chi connectivity index (χ4n) is 0.671. The molecule has 11 heavy (non-hydrogen) atoms. The number of hydrogen-bond acceptors (Lipinski definition) is 3. The molecule has 70 valence electrons. The predicted octanol–water partition coefficient (Wildman–Crippen LogP) is 0.0873. The topological polar surface area (TPSA) is 69.4 Å². The molecule has 0 aromatic heterocycles. The second-order valence-corrected chi connectivity index (χ2v) is 2.40. The Hall–Kier alpha value is 0.0300. The van der Waals surface area contributed by atoms with E-state index in [4.69, 9.17) is 8.76 Å². The van der Waals surface area contributed by atoms with Crippen molar-refractivity contribution in [2.24, 2.45) is 5.14 Å². The highest BCUT2D eigenvalue weighted by Crippen LogP contribution is 1.81. The Morgan fingerprint density at radius 2 is 1.45 bits per heavy atom. The number of hydrogen-bond donors (Lipinski definition) is 1. The molecule has 0 saturated carbocycles. The van der Waals surface area contributed by atoms with Crippen molar-refractivity contribution in [1.29, 1.82) is 0 Å². The molecule has 0 aliphatic rings. The zero-order chi connectivity index (χ0) is 9.28. The van der Waals surface area contributed by atoms with Crippen LogP contribution in [0.25, 0.3) is 0 Å². The molecule has 0 spiro atoms. The summed E-state index contributed by atoms with van der Waals surface area (Å²) < 4.78 is 17.6. The summed E-state index contributed by atoms with van der Waals surface area (Å²) in [7, 11) is 0. The molecule has 0 aromatic carbocycles. The Balaban J connectivity index is 0. The van der Waals surface area contributed by atoms with Gasteiger partial charge < -0.3 is 9.45 Å². The fraction of sp³-hybridized carbons (Fsp3) is 1.00. The maximum atomic E-state index is 8.78. The van der Waals surface area contributed by atoms with E-state index in [0.717, 1.165) is 0 Å². The fourth-order valence-corrected chi connectivity index (χ4v) is 0.671. The SMILES string of the molecule is CCN(CC)CC.NS(=O)[O-]. The normalized spacial score (nSPS) is 12.2. The quantitative estimate of drug-likeness (QED) is 0.627. The first-order chi connectivity index (χ1) is 5.08. The van der Waals surface area contributed by atoms with E-state index < -0.39 is 11.3 Å². The maximum Gasteiger partial charge on any atom is 0.0152 e. The summed E-state index contributed by atoms with van der Waals surface area (Å²) in [4.78, 5) is 2.38. The van der Waals surface area contributed by atoms with Gasteiger partial charge in [-0.1, -0.05) is 20.8 Å². The minimum atomic E-state index is -2.36. The Morgan fingerprint density at radius 1 is 1.27 bits per heavy atom. The van der Waals surface area contributed by atoms with Crippen LogP contribution in [0.4, 0.5) is 0 Å². The van der Waals surface area contributed by atoms with Crippen molar-refractivity contribution in [1.82, 2.24) is 4.90 Å². The third-order valence-electron chi connectivity index (χ3n) is 1.34. The van der Waals surface area contributed by atoms with Crippen molar-refractivity contribution in [3.05, 3.63) is 0 Å². The lowest BCUT2D eigenvalue weighted by Crippen LogP contribution is -2.21. The molecular formula is C6H17N2O2S-. The second kappa shape index (κ2) is 10.0. The van der Waals surface area contributed by atoms with Crippen LogP contribution in [0.15, 0.2) is 0 Å². The van der Waals surface area contributed by atoms with E-state index in [9.17, 15) is 0 Å². The number of nitrogens with two attached hydrogens (primary N) is 1. The highest BCUT2D eigenvalue weighted by atomic mass is 32.2. The summed E-state index contributed by atoms with van der Waals surface area (Å²) in [5.74, 6) is 0. The van der Waals surface area contributed by atoms with Crippen LogP contribution < -0.4 is 5.14 Å². The molecule has 1 unspecified atom stereocenters. The monoisotopic (exact) mass is 181 g/mol. The molecule has 0 bridgehead atoms. The first kappa shape index (κ1) is 13.6. The van der Waals surface area contributed by atoms with Gasteiger partial charge in [-0.2, -0.15) is 0 Å². The molecule has 1 atom stereocenters. The van der Waals surface area contributed by atoms with Crippen molar-refractivity contribution >= 4 is 11.3 Å². The van der Waals surface area contributed by atoms with Gasteiger partial charge in [-0.15, -0.1) is 0 Å². The van der Waals surface area contributed by atoms with E-state index in [2.05, 4.69) is 30.8 Å². The summed E-state index contributed by atoms with van der Waals surface area (Å²) >= 11 is -2.36. The van der Waals surface area contributed by atoms with E-state index >= 15 is 0 Å². The summed E-state index contributed by atoms with van der Waals surface area (Å²) in [6.07, 6.45) is 0. The van der Waals surface area contributed by atoms with Crippen LogP contribution in [0.3, 0.4) is 0 Å². The van der Waals surface area contributed by atoms with Gasteiger partial charge in [0.1, 0.15) is 0 Å². The lowest BCUT2D eigenvalue weighted by molar-refractivity contribution is 0.321. The van der Waals surface area contributed by atoms with Gasteiger partial charge in [0.2, 0.25) is 0 Å². The smallest absolute Gasteiger partial charge is 0.0152 e. The van der Waals surface area contributed by atoms with E-state index in [1.165, 1.54) is 19.6 Å². The van der Waals surface area contributed by atoms with Crippen LogP contribution in [-0.2, 0) is 11.3 Å². The van der Waals surface area contributed by atoms with Crippen molar-refractivity contribution in [2.75, 3.05) is 19.6 Å². The van der Waals surface area contributed by atoms with Crippen LogP contribution in [0.5, 0.6) is 0 Å². The third kappa shape index (κ3) is 17.8. The van der Waals surface area contributed by atoms with Crippen LogP contribution in [-0.4, -0.2) is 33.3 Å². The average molecular weight is 181 g/mol. The third-order valence-corrected chi connectivity index (χ3v) is 1.34. The number of nitrogens with zero attached hydrogens (tertiary/aromatic N) is 1. The van der Waals surface area contributed by atoms with E-state index in [1.54, 1.807) is 0 Å². The van der Waals surface area contributed by atoms with Crippen molar-refractivity contribution in [3.63, 3.8) is 0 Å². The Bertz CT molecular complexity index is 87.1. The number of rotatable bonds is 3. The lowest BCUT2D eigenvalue weighted by atomic mass is 10.5. The van der Waals surface area contributed by atoms with Gasteiger partial charge in [-0.05, 0) is 19.6 Å². The minimum Gasteiger partial charge on any atom is -0.760 e. The Morgan fingerprint density at radius 3 is 1.45 bits per heavy atom. The average Bonchev–Trinajstić information content (AvgIpc) is 1.90. The first-order valence-electron chi connectivity index (χ1n) is 3.64. The summed E-state index contributed by atoms with van der Waals surface area (Å²) in [5, 5.41) is 4.03. The molecule has 0 rings (SSSR count). The van der Waals surface area contributed by atoms with Crippen molar-refractivity contribution < 1.29 is 8.76 Å². The molecule has 0 aromatic rings. The summed E-state index contributed by atoms with van der Waals surface area (Å²) in [6, 6.07) is 0. The maximum absolute atomic E-state index is 8.78. The van der Waals surface area contributed by atoms with Gasteiger partial charge in [0.15, 0.2) is 0 Å². The molecule has 0 aliphatic heterocycles. The lowest BCUT2D eigenvalue weighted by Gasteiger charge is -2.13. The summed E-state index contributed by atoms with van der Waals surface area (Å²) in [5.41, 5.74) is 0. The highest BCUT2D eigenvalue weighted by Gasteiger charge is 1.89. The highest BCUT2D eigenvalue weighted by molar-refractivity contribution is 7.76. The van der Waals surface area contributed by atoms with Crippen LogP contribution in [0, 0.1) is 0 Å². The van der Waals surface area contributed by atoms with Crippen molar-refractivity contribution in [3.8, 4) is 0 Å². The van der Waals surface area contributed by atoms with Gasteiger partial charge in [-0.3, -0.25) is 9.35 Å². The van der Waals surface area contributed by atoms with Gasteiger partial charge >= 0.3 is 0 Å². The first-order valence-corrected chi connectivity index (χ1v) is 4.78. The molecular weight excluding hydrogens is 164 g/mol. The van der Waals surface area contributed by atoms with Crippen molar-refractivity contribution in [2.45, 2.75) is 20.8 Å². The molecule has 4 nitrogen and oxygen atoms in total. The molecule has 0 fully saturated rings. The Kier molecular flexibility index (Phi) is 12.4. The van der Waals surface area contributed by atoms with E-state index in [0.29, 0.717) is 0 Å². The zero-order valence-electron chi connectivity index (χ0n) is 7.37. The molecule has 0 heterocycles. The summed E-state index contributed by atoms with van der Waals surface area (Å²) in [6.45, 7) is 10.1. The van der Waals surface area contributed by atoms with Crippen LogP contribution >= 0.6 is 0 Å². The van der Waals surface area contributed by atoms with Gasteiger partial charge in [0, 0.05) is 11.3 Å². The molecule has 0 aliphatic carbocycles. The molecule has 5 heteroatoms. The Labute approximate surface area is 71.2 Å². The molecule has 0 amide bonds. The van der Waals surface area contributed by atoms with Crippen LogP contribution in [0.2, 0.25) is 0 Å². The van der Waals surface area contributed by atoms with E-state index in [-0.39, 0.29) is 0 Å². The van der Waals surface area contributed by atoms with Gasteiger partial charge in [0.25, 0.3) is 0 Å². The standard InChI is InChI=1S/C6H15N.H3NO2S/c1-4-7(5-2)6-3;1-4(2)3/h4-6H2,1-3H3;1H2,(H,2,3)/p-1. The second-order valence-electron chi connectivity index (χ2n) is 1.88. The minimum absolute atomic E-state index is 1.19.